The molecule has 3 rings (SSSR count). The monoisotopic (exact) mass is 450 g/mol. The van der Waals surface area contributed by atoms with E-state index >= 15 is 0 Å². The summed E-state index contributed by atoms with van der Waals surface area (Å²) in [4.78, 5) is 24.3. The van der Waals surface area contributed by atoms with Gasteiger partial charge in [-0.15, -0.1) is 0 Å². The van der Waals surface area contributed by atoms with E-state index in [2.05, 4.69) is 5.32 Å². The number of benzene rings is 2. The molecule has 0 aromatic heterocycles. The summed E-state index contributed by atoms with van der Waals surface area (Å²) in [6.45, 7) is 0.473. The fourth-order valence-electron chi connectivity index (χ4n) is 3.20. The van der Waals surface area contributed by atoms with Crippen molar-refractivity contribution >= 4 is 39.2 Å². The van der Waals surface area contributed by atoms with Crippen molar-refractivity contribution < 1.29 is 22.7 Å². The average molecular weight is 451 g/mol. The van der Waals surface area contributed by atoms with Crippen LogP contribution in [-0.4, -0.2) is 44.3 Å². The number of nitrogens with one attached hydrogen (secondary N) is 1. The van der Waals surface area contributed by atoms with E-state index in [1.54, 1.807) is 30.3 Å². The number of carbonyl (C=O) groups is 2. The lowest BCUT2D eigenvalue weighted by Crippen LogP contribution is -2.32. The van der Waals surface area contributed by atoms with Crippen molar-refractivity contribution in [1.29, 1.82) is 0 Å². The van der Waals surface area contributed by atoms with Gasteiger partial charge in [-0.3, -0.25) is 4.79 Å². The van der Waals surface area contributed by atoms with Crippen molar-refractivity contribution in [2.24, 2.45) is 0 Å². The van der Waals surface area contributed by atoms with Crippen LogP contribution in [-0.2, 0) is 19.6 Å². The highest BCUT2D eigenvalue weighted by Crippen LogP contribution is 2.23. The lowest BCUT2D eigenvalue weighted by Gasteiger charge is -2.20. The first-order valence-corrected chi connectivity index (χ1v) is 11.5. The number of ether oxygens (including phenoxy) is 1. The van der Waals surface area contributed by atoms with E-state index in [1.807, 2.05) is 0 Å². The first-order valence-electron chi connectivity index (χ1n) is 9.69. The molecule has 0 bridgehead atoms. The van der Waals surface area contributed by atoms with Crippen LogP contribution in [0.15, 0.2) is 53.4 Å². The largest absolute Gasteiger partial charge is 0.452 e. The Labute approximate surface area is 181 Å². The van der Waals surface area contributed by atoms with Gasteiger partial charge in [-0.2, -0.15) is 4.31 Å². The average Bonchev–Trinajstić information content (AvgIpc) is 3.03. The molecule has 1 fully saturated rings. The number of halogens is 1. The molecular weight excluding hydrogens is 428 g/mol. The van der Waals surface area contributed by atoms with Crippen molar-refractivity contribution in [2.75, 3.05) is 25.0 Å². The molecule has 0 unspecified atom stereocenters. The molecule has 0 radical (unpaired) electrons. The zero-order valence-electron chi connectivity index (χ0n) is 16.3. The number of hydrogen-bond donors (Lipinski definition) is 1. The summed E-state index contributed by atoms with van der Waals surface area (Å²) in [5, 5.41) is 2.79. The normalized spacial score (nSPS) is 15.2. The number of amides is 1. The van der Waals surface area contributed by atoms with Gasteiger partial charge in [0.1, 0.15) is 0 Å². The summed E-state index contributed by atoms with van der Waals surface area (Å²) in [6, 6.07) is 12.4. The molecular formula is C21H23ClN2O5S. The van der Waals surface area contributed by atoms with E-state index in [0.717, 1.165) is 25.7 Å². The number of rotatable bonds is 6. The molecule has 0 atom stereocenters. The Hall–Kier alpha value is -2.42. The molecule has 1 aliphatic heterocycles. The number of anilines is 1. The molecule has 1 aliphatic rings. The Bertz CT molecular complexity index is 1020. The number of esters is 1. The van der Waals surface area contributed by atoms with Crippen molar-refractivity contribution in [1.82, 2.24) is 4.31 Å². The van der Waals surface area contributed by atoms with Gasteiger partial charge in [-0.1, -0.05) is 42.6 Å². The Morgan fingerprint density at radius 1 is 1.00 bits per heavy atom. The summed E-state index contributed by atoms with van der Waals surface area (Å²) in [5.74, 6) is -1.30. The van der Waals surface area contributed by atoms with Gasteiger partial charge in [0.05, 0.1) is 15.5 Å². The molecule has 1 amide bonds. The van der Waals surface area contributed by atoms with E-state index in [9.17, 15) is 18.0 Å². The molecule has 0 spiro atoms. The van der Waals surface area contributed by atoms with Crippen LogP contribution < -0.4 is 5.32 Å². The fraction of sp³-hybridized carbons (Fsp3) is 0.333. The minimum Gasteiger partial charge on any atom is -0.452 e. The summed E-state index contributed by atoms with van der Waals surface area (Å²) < 4.78 is 32.3. The third-order valence-corrected chi connectivity index (χ3v) is 6.97. The van der Waals surface area contributed by atoms with Gasteiger partial charge in [0.2, 0.25) is 10.0 Å². The van der Waals surface area contributed by atoms with E-state index in [0.29, 0.717) is 18.8 Å². The maximum atomic E-state index is 12.9. The summed E-state index contributed by atoms with van der Waals surface area (Å²) >= 11 is 5.94. The number of hydrogen-bond acceptors (Lipinski definition) is 5. The summed E-state index contributed by atoms with van der Waals surface area (Å²) in [6.07, 6.45) is 3.73. The number of sulfonamides is 1. The second-order valence-corrected chi connectivity index (χ2v) is 9.30. The predicted octanol–water partition coefficient (Wildman–Crippen LogP) is 3.70. The Morgan fingerprint density at radius 2 is 1.70 bits per heavy atom. The Morgan fingerprint density at radius 3 is 2.40 bits per heavy atom. The molecule has 30 heavy (non-hydrogen) atoms. The summed E-state index contributed by atoms with van der Waals surface area (Å²) in [7, 11) is -3.63. The van der Waals surface area contributed by atoms with Crippen molar-refractivity contribution in [3.8, 4) is 0 Å². The Balaban J connectivity index is 1.62. The van der Waals surface area contributed by atoms with Crippen molar-refractivity contribution in [3.63, 3.8) is 0 Å². The van der Waals surface area contributed by atoms with Crippen LogP contribution in [0.4, 0.5) is 5.69 Å². The van der Waals surface area contributed by atoms with E-state index in [-0.39, 0.29) is 15.5 Å². The maximum Gasteiger partial charge on any atom is 0.340 e. The van der Waals surface area contributed by atoms with Crippen LogP contribution in [0.5, 0.6) is 0 Å². The SMILES string of the molecule is O=C(COC(=O)c1ccccc1Cl)Nc1cccc(S(=O)(=O)N2CCCCCC2)c1. The van der Waals surface area contributed by atoms with E-state index in [4.69, 9.17) is 16.3 Å². The Kier molecular flexibility index (Phi) is 7.47. The topological polar surface area (TPSA) is 92.8 Å². The smallest absolute Gasteiger partial charge is 0.340 e. The standard InChI is InChI=1S/C21H23ClN2O5S/c22-19-11-4-3-10-18(19)21(26)29-15-20(25)23-16-8-7-9-17(14-16)30(27,28)24-12-5-1-2-6-13-24/h3-4,7-11,14H,1-2,5-6,12-13,15H2,(H,23,25). The number of nitrogens with zero attached hydrogens (tertiary/aromatic N) is 1. The van der Waals surface area contributed by atoms with Crippen molar-refractivity contribution in [3.05, 3.63) is 59.1 Å². The highest BCUT2D eigenvalue weighted by atomic mass is 35.5. The van der Waals surface area contributed by atoms with E-state index < -0.39 is 28.5 Å². The number of carbonyl (C=O) groups excluding carboxylic acids is 2. The quantitative estimate of drug-likeness (QED) is 0.677. The van der Waals surface area contributed by atoms with Gasteiger partial charge in [-0.25, -0.2) is 13.2 Å². The van der Waals surface area contributed by atoms with Gasteiger partial charge in [0.15, 0.2) is 6.61 Å². The summed E-state index contributed by atoms with van der Waals surface area (Å²) in [5.41, 5.74) is 0.474. The third-order valence-electron chi connectivity index (χ3n) is 4.75. The fourth-order valence-corrected chi connectivity index (χ4v) is 4.97. The minimum absolute atomic E-state index is 0.121. The highest BCUT2D eigenvalue weighted by molar-refractivity contribution is 7.89. The molecule has 2 aromatic carbocycles. The third kappa shape index (κ3) is 5.59. The lowest BCUT2D eigenvalue weighted by molar-refractivity contribution is -0.119. The molecule has 9 heteroatoms. The molecule has 2 aromatic rings. The van der Waals surface area contributed by atoms with Gasteiger partial charge in [0, 0.05) is 18.8 Å². The molecule has 160 valence electrons. The van der Waals surface area contributed by atoms with Gasteiger partial charge < -0.3 is 10.1 Å². The minimum atomic E-state index is -3.63. The first kappa shape index (κ1) is 22.3. The molecule has 7 nitrogen and oxygen atoms in total. The second-order valence-electron chi connectivity index (χ2n) is 6.95. The van der Waals surface area contributed by atoms with Crippen molar-refractivity contribution in [2.45, 2.75) is 30.6 Å². The van der Waals surface area contributed by atoms with Crippen LogP contribution in [0.3, 0.4) is 0 Å². The molecule has 0 aliphatic carbocycles. The van der Waals surface area contributed by atoms with Crippen LogP contribution >= 0.6 is 11.6 Å². The maximum absolute atomic E-state index is 12.9. The van der Waals surface area contributed by atoms with Gasteiger partial charge in [0.25, 0.3) is 5.91 Å². The highest BCUT2D eigenvalue weighted by Gasteiger charge is 2.25. The molecule has 1 N–H and O–H groups in total. The molecule has 0 saturated carbocycles. The van der Waals surface area contributed by atoms with Crippen LogP contribution in [0.25, 0.3) is 0 Å². The van der Waals surface area contributed by atoms with Crippen LogP contribution in [0, 0.1) is 0 Å². The predicted molar refractivity (Wildman–Crippen MR) is 114 cm³/mol. The second kappa shape index (κ2) is 10.1. The van der Waals surface area contributed by atoms with Crippen LogP contribution in [0.1, 0.15) is 36.0 Å². The first-order chi connectivity index (χ1) is 14.4. The molecule has 1 heterocycles. The zero-order valence-corrected chi connectivity index (χ0v) is 17.9. The lowest BCUT2D eigenvalue weighted by atomic mass is 10.2. The van der Waals surface area contributed by atoms with Gasteiger partial charge in [-0.05, 0) is 43.2 Å². The van der Waals surface area contributed by atoms with E-state index in [1.165, 1.54) is 22.5 Å². The van der Waals surface area contributed by atoms with Crippen LogP contribution in [0.2, 0.25) is 5.02 Å². The van der Waals surface area contributed by atoms with Gasteiger partial charge >= 0.3 is 5.97 Å². The zero-order chi connectivity index (χ0) is 21.6. The molecule has 1 saturated heterocycles.